The average Bonchev–Trinajstić information content (AvgIpc) is 2.92. The number of carbonyl (C=O) groups excluding carboxylic acids is 3. The molecule has 0 unspecified atom stereocenters. The SMILES string of the molecule is CCc1cccc(CNC[C@@H](OC(=O)CCCC(=O)Nc2ccc(C(C)=O)cc2)[C@@H](N)Cc2cc(F)cc(F)c2)c1. The molecular formula is C32H37F2N3O4. The van der Waals surface area contributed by atoms with Gasteiger partial charge in [-0.25, -0.2) is 8.78 Å². The van der Waals surface area contributed by atoms with Crippen molar-refractivity contribution in [3.8, 4) is 0 Å². The van der Waals surface area contributed by atoms with Gasteiger partial charge in [0.25, 0.3) is 0 Å². The van der Waals surface area contributed by atoms with E-state index in [0.29, 0.717) is 23.4 Å². The zero-order valence-corrected chi connectivity index (χ0v) is 23.4. The molecule has 4 N–H and O–H groups in total. The molecule has 3 aromatic rings. The Balaban J connectivity index is 1.54. The maximum atomic E-state index is 13.7. The lowest BCUT2D eigenvalue weighted by molar-refractivity contribution is -0.150. The fourth-order valence-corrected chi connectivity index (χ4v) is 4.36. The van der Waals surface area contributed by atoms with Crippen LogP contribution in [0.4, 0.5) is 14.5 Å². The number of ether oxygens (including phenoxy) is 1. The van der Waals surface area contributed by atoms with Crippen molar-refractivity contribution in [1.29, 1.82) is 0 Å². The van der Waals surface area contributed by atoms with E-state index in [-0.39, 0.29) is 43.9 Å². The summed E-state index contributed by atoms with van der Waals surface area (Å²) in [6, 6.07) is 17.1. The number of anilines is 1. The summed E-state index contributed by atoms with van der Waals surface area (Å²) in [5, 5.41) is 6.00. The van der Waals surface area contributed by atoms with E-state index >= 15 is 0 Å². The molecule has 218 valence electrons. The molecule has 0 fully saturated rings. The molecule has 0 aliphatic heterocycles. The molecule has 2 atom stereocenters. The minimum Gasteiger partial charge on any atom is -0.459 e. The highest BCUT2D eigenvalue weighted by Gasteiger charge is 2.23. The fraction of sp³-hybridized carbons (Fsp3) is 0.344. The second-order valence-corrected chi connectivity index (χ2v) is 10.0. The summed E-state index contributed by atoms with van der Waals surface area (Å²) in [6.45, 7) is 4.30. The van der Waals surface area contributed by atoms with E-state index in [2.05, 4.69) is 23.6 Å². The van der Waals surface area contributed by atoms with Crippen molar-refractivity contribution in [3.05, 3.63) is 101 Å². The highest BCUT2D eigenvalue weighted by Crippen LogP contribution is 2.14. The first-order valence-electron chi connectivity index (χ1n) is 13.7. The first-order chi connectivity index (χ1) is 19.6. The van der Waals surface area contributed by atoms with Gasteiger partial charge in [0.2, 0.25) is 5.91 Å². The van der Waals surface area contributed by atoms with Crippen molar-refractivity contribution in [2.45, 2.75) is 64.6 Å². The Morgan fingerprint density at radius 3 is 2.24 bits per heavy atom. The molecule has 0 aliphatic rings. The van der Waals surface area contributed by atoms with Crippen molar-refractivity contribution in [2.24, 2.45) is 5.73 Å². The second-order valence-electron chi connectivity index (χ2n) is 10.0. The Bertz CT molecular complexity index is 1310. The number of amides is 1. The minimum absolute atomic E-state index is 0.00689. The summed E-state index contributed by atoms with van der Waals surface area (Å²) in [4.78, 5) is 36.4. The molecule has 3 aromatic carbocycles. The summed E-state index contributed by atoms with van der Waals surface area (Å²) in [6.07, 6.45) is 0.585. The molecule has 9 heteroatoms. The van der Waals surface area contributed by atoms with Gasteiger partial charge in [-0.05, 0) is 79.3 Å². The number of nitrogens with two attached hydrogens (primary N) is 1. The van der Waals surface area contributed by atoms with Crippen molar-refractivity contribution in [1.82, 2.24) is 5.32 Å². The molecule has 0 bridgehead atoms. The Morgan fingerprint density at radius 2 is 1.59 bits per heavy atom. The van der Waals surface area contributed by atoms with E-state index in [9.17, 15) is 23.2 Å². The van der Waals surface area contributed by atoms with Gasteiger partial charge in [0.15, 0.2) is 5.78 Å². The molecule has 7 nitrogen and oxygen atoms in total. The molecule has 0 aromatic heterocycles. The Morgan fingerprint density at radius 1 is 0.902 bits per heavy atom. The van der Waals surface area contributed by atoms with Gasteiger partial charge in [0, 0.05) is 49.3 Å². The van der Waals surface area contributed by atoms with Crippen LogP contribution in [0.15, 0.2) is 66.7 Å². The van der Waals surface area contributed by atoms with Crippen LogP contribution in [0.5, 0.6) is 0 Å². The van der Waals surface area contributed by atoms with Crippen LogP contribution in [-0.2, 0) is 33.7 Å². The van der Waals surface area contributed by atoms with E-state index in [0.717, 1.165) is 18.1 Å². The zero-order chi connectivity index (χ0) is 29.8. The van der Waals surface area contributed by atoms with Crippen molar-refractivity contribution in [2.75, 3.05) is 11.9 Å². The van der Waals surface area contributed by atoms with Crippen LogP contribution in [0, 0.1) is 11.6 Å². The molecule has 0 saturated heterocycles. The van der Waals surface area contributed by atoms with Crippen LogP contribution in [0.2, 0.25) is 0 Å². The molecular weight excluding hydrogens is 528 g/mol. The fourth-order valence-electron chi connectivity index (χ4n) is 4.36. The predicted octanol–water partition coefficient (Wildman–Crippen LogP) is 5.11. The number of ketones is 1. The molecule has 41 heavy (non-hydrogen) atoms. The predicted molar refractivity (Wildman–Crippen MR) is 154 cm³/mol. The van der Waals surface area contributed by atoms with E-state index in [4.69, 9.17) is 10.5 Å². The molecule has 0 aliphatic carbocycles. The average molecular weight is 566 g/mol. The summed E-state index contributed by atoms with van der Waals surface area (Å²) in [5.41, 5.74) is 10.1. The standard InChI is InChI=1S/C32H37F2N3O4/c1-3-22-6-4-7-23(14-22)19-36-20-30(29(35)17-24-15-26(33)18-27(34)16-24)41-32(40)9-5-8-31(39)37-28-12-10-25(11-13-28)21(2)38/h4,6-7,10-16,18,29-30,36H,3,5,8-9,17,19-20,35H2,1-2H3,(H,37,39)/t29-,30+/m0/s1. The highest BCUT2D eigenvalue weighted by molar-refractivity contribution is 5.95. The van der Waals surface area contributed by atoms with Gasteiger partial charge in [-0.2, -0.15) is 0 Å². The van der Waals surface area contributed by atoms with E-state index in [1.54, 1.807) is 24.3 Å². The number of carbonyl (C=O) groups is 3. The lowest BCUT2D eigenvalue weighted by Crippen LogP contribution is -2.46. The topological polar surface area (TPSA) is 111 Å². The molecule has 0 heterocycles. The van der Waals surface area contributed by atoms with Crippen molar-refractivity contribution < 1.29 is 27.9 Å². The van der Waals surface area contributed by atoms with Crippen LogP contribution in [0.25, 0.3) is 0 Å². The van der Waals surface area contributed by atoms with Gasteiger partial charge < -0.3 is 21.1 Å². The summed E-state index contributed by atoms with van der Waals surface area (Å²) < 4.78 is 33.1. The summed E-state index contributed by atoms with van der Waals surface area (Å²) in [7, 11) is 0. The first kappa shape index (κ1) is 31.6. The second kappa shape index (κ2) is 15.7. The Labute approximate surface area is 239 Å². The van der Waals surface area contributed by atoms with Gasteiger partial charge in [-0.1, -0.05) is 31.2 Å². The maximum Gasteiger partial charge on any atom is 0.306 e. The van der Waals surface area contributed by atoms with Gasteiger partial charge in [0.05, 0.1) is 0 Å². The lowest BCUT2D eigenvalue weighted by atomic mass is 10.0. The first-order valence-corrected chi connectivity index (χ1v) is 13.7. The number of aryl methyl sites for hydroxylation is 1. The number of Topliss-reactive ketones (excluding diaryl/α,β-unsaturated/α-hetero) is 1. The quantitative estimate of drug-likeness (QED) is 0.175. The van der Waals surface area contributed by atoms with Gasteiger partial charge in [0.1, 0.15) is 17.7 Å². The largest absolute Gasteiger partial charge is 0.459 e. The molecule has 0 spiro atoms. The zero-order valence-electron chi connectivity index (χ0n) is 23.4. The number of benzene rings is 3. The summed E-state index contributed by atoms with van der Waals surface area (Å²) in [5.74, 6) is -2.27. The van der Waals surface area contributed by atoms with Crippen LogP contribution in [-0.4, -0.2) is 36.4 Å². The van der Waals surface area contributed by atoms with E-state index < -0.39 is 29.7 Å². The van der Waals surface area contributed by atoms with Crippen LogP contribution in [0.1, 0.15) is 60.2 Å². The minimum atomic E-state index is -0.767. The van der Waals surface area contributed by atoms with E-state index in [1.165, 1.54) is 24.6 Å². The highest BCUT2D eigenvalue weighted by atomic mass is 19.1. The van der Waals surface area contributed by atoms with E-state index in [1.807, 2.05) is 18.2 Å². The molecule has 3 rings (SSSR count). The van der Waals surface area contributed by atoms with Crippen LogP contribution < -0.4 is 16.4 Å². The van der Waals surface area contributed by atoms with Gasteiger partial charge in [-0.15, -0.1) is 0 Å². The number of nitrogens with one attached hydrogen (secondary N) is 2. The van der Waals surface area contributed by atoms with Crippen LogP contribution in [0.3, 0.4) is 0 Å². The Hall–Kier alpha value is -3.95. The number of hydrogen-bond donors (Lipinski definition) is 3. The third-order valence-electron chi connectivity index (χ3n) is 6.59. The number of hydrogen-bond acceptors (Lipinski definition) is 6. The monoisotopic (exact) mass is 565 g/mol. The maximum absolute atomic E-state index is 13.7. The number of rotatable bonds is 15. The molecule has 0 saturated carbocycles. The lowest BCUT2D eigenvalue weighted by Gasteiger charge is -2.25. The Kier molecular flexibility index (Phi) is 12.1. The van der Waals surface area contributed by atoms with Gasteiger partial charge >= 0.3 is 5.97 Å². The normalized spacial score (nSPS) is 12.4. The van der Waals surface area contributed by atoms with Gasteiger partial charge in [-0.3, -0.25) is 14.4 Å². The number of esters is 1. The molecule has 1 amide bonds. The smallest absolute Gasteiger partial charge is 0.306 e. The number of halogens is 2. The van der Waals surface area contributed by atoms with Crippen LogP contribution >= 0.6 is 0 Å². The van der Waals surface area contributed by atoms with Crippen molar-refractivity contribution in [3.63, 3.8) is 0 Å². The molecule has 0 radical (unpaired) electrons. The van der Waals surface area contributed by atoms with Crippen molar-refractivity contribution >= 4 is 23.3 Å². The third-order valence-corrected chi connectivity index (χ3v) is 6.59. The summed E-state index contributed by atoms with van der Waals surface area (Å²) >= 11 is 0. The third kappa shape index (κ3) is 10.9.